The first-order chi connectivity index (χ1) is 17.5. The summed E-state index contributed by atoms with van der Waals surface area (Å²) in [4.78, 5) is 17.1. The van der Waals surface area contributed by atoms with Crippen LogP contribution in [0.5, 0.6) is 11.5 Å². The van der Waals surface area contributed by atoms with Gasteiger partial charge < -0.3 is 30.1 Å². The molecule has 0 aromatic heterocycles. The minimum atomic E-state index is -1.13. The number of piperidine rings is 1. The molecular formula is C29H41N3O4. The Bertz CT molecular complexity index is 1010. The number of para-hydroxylation sites is 2. The maximum absolute atomic E-state index is 13.3. The molecule has 7 nitrogen and oxygen atoms in total. The molecule has 2 saturated heterocycles. The molecular weight excluding hydrogens is 454 g/mol. The average molecular weight is 496 g/mol. The third-order valence-electron chi connectivity index (χ3n) is 7.85. The van der Waals surface area contributed by atoms with Crippen molar-refractivity contribution < 1.29 is 19.4 Å². The molecule has 2 aliphatic heterocycles. The van der Waals surface area contributed by atoms with Crippen molar-refractivity contribution in [2.45, 2.75) is 57.1 Å². The van der Waals surface area contributed by atoms with Gasteiger partial charge >= 0.3 is 6.03 Å². The van der Waals surface area contributed by atoms with E-state index in [1.54, 1.807) is 7.11 Å². The van der Waals surface area contributed by atoms with E-state index in [1.807, 2.05) is 65.3 Å². The highest BCUT2D eigenvalue weighted by molar-refractivity contribution is 5.76. The minimum Gasteiger partial charge on any atom is -0.457 e. The number of nitrogens with two attached hydrogens (primary N) is 1. The SMILES string of the molecule is COCCCCC(O)(c1ccccc1Oc1ccccc1C)C1CCCN(C(=O)N2CCC2CN)C1. The Morgan fingerprint density at radius 3 is 2.53 bits per heavy atom. The van der Waals surface area contributed by atoms with Gasteiger partial charge in [0.2, 0.25) is 0 Å². The number of carbonyl (C=O) groups is 1. The predicted molar refractivity (Wildman–Crippen MR) is 141 cm³/mol. The molecule has 0 bridgehead atoms. The summed E-state index contributed by atoms with van der Waals surface area (Å²) in [6.45, 7) is 5.16. The van der Waals surface area contributed by atoms with E-state index in [0.29, 0.717) is 38.4 Å². The fraction of sp³-hybridized carbons (Fsp3) is 0.552. The first-order valence-corrected chi connectivity index (χ1v) is 13.3. The van der Waals surface area contributed by atoms with Crippen LogP contribution in [0.2, 0.25) is 0 Å². The number of methoxy groups -OCH3 is 1. The highest BCUT2D eigenvalue weighted by atomic mass is 16.5. The lowest BCUT2D eigenvalue weighted by Crippen LogP contribution is -2.60. The lowest BCUT2D eigenvalue weighted by molar-refractivity contribution is -0.0604. The molecule has 3 unspecified atom stereocenters. The first kappa shape index (κ1) is 26.5. The number of aliphatic hydroxyl groups is 1. The number of nitrogens with zero attached hydrogens (tertiary/aromatic N) is 2. The van der Waals surface area contributed by atoms with Gasteiger partial charge in [-0.05, 0) is 63.1 Å². The molecule has 36 heavy (non-hydrogen) atoms. The first-order valence-electron chi connectivity index (χ1n) is 13.3. The van der Waals surface area contributed by atoms with E-state index in [-0.39, 0.29) is 18.0 Å². The number of hydrogen-bond acceptors (Lipinski definition) is 5. The van der Waals surface area contributed by atoms with Gasteiger partial charge in [0, 0.05) is 57.4 Å². The van der Waals surface area contributed by atoms with Crippen LogP contribution in [0.15, 0.2) is 48.5 Å². The molecule has 0 radical (unpaired) electrons. The van der Waals surface area contributed by atoms with E-state index in [4.69, 9.17) is 15.2 Å². The third kappa shape index (κ3) is 5.69. The lowest BCUT2D eigenvalue weighted by atomic mass is 9.73. The average Bonchev–Trinajstić information content (AvgIpc) is 2.88. The number of ether oxygens (including phenoxy) is 2. The fourth-order valence-electron chi connectivity index (χ4n) is 5.56. The monoisotopic (exact) mass is 495 g/mol. The van der Waals surface area contributed by atoms with Crippen molar-refractivity contribution in [1.29, 1.82) is 0 Å². The second kappa shape index (κ2) is 12.1. The molecule has 4 rings (SSSR count). The number of urea groups is 1. The smallest absolute Gasteiger partial charge is 0.320 e. The zero-order chi connectivity index (χ0) is 25.5. The summed E-state index contributed by atoms with van der Waals surface area (Å²) >= 11 is 0. The molecule has 196 valence electrons. The van der Waals surface area contributed by atoms with E-state index in [0.717, 1.165) is 55.5 Å². The number of benzene rings is 2. The largest absolute Gasteiger partial charge is 0.457 e. The van der Waals surface area contributed by atoms with E-state index >= 15 is 0 Å². The highest BCUT2D eigenvalue weighted by Gasteiger charge is 2.44. The summed E-state index contributed by atoms with van der Waals surface area (Å²) in [5.41, 5.74) is 6.55. The van der Waals surface area contributed by atoms with Crippen molar-refractivity contribution in [2.24, 2.45) is 11.7 Å². The predicted octanol–water partition coefficient (Wildman–Crippen LogP) is 4.66. The zero-order valence-corrected chi connectivity index (χ0v) is 21.7. The van der Waals surface area contributed by atoms with Crippen molar-refractivity contribution in [2.75, 3.05) is 39.9 Å². The quantitative estimate of drug-likeness (QED) is 0.468. The molecule has 2 aromatic carbocycles. The van der Waals surface area contributed by atoms with Gasteiger partial charge in [0.25, 0.3) is 0 Å². The second-order valence-electron chi connectivity index (χ2n) is 10.2. The van der Waals surface area contributed by atoms with Gasteiger partial charge in [-0.2, -0.15) is 0 Å². The van der Waals surface area contributed by atoms with Gasteiger partial charge in [-0.3, -0.25) is 0 Å². The Hall–Kier alpha value is -2.61. The van der Waals surface area contributed by atoms with Gasteiger partial charge in [0.05, 0.1) is 5.60 Å². The molecule has 3 N–H and O–H groups in total. The number of carbonyl (C=O) groups excluding carboxylic acids is 1. The minimum absolute atomic E-state index is 0.0487. The molecule has 2 aliphatic rings. The zero-order valence-electron chi connectivity index (χ0n) is 21.7. The molecule has 2 heterocycles. The highest BCUT2D eigenvalue weighted by Crippen LogP contribution is 2.44. The summed E-state index contributed by atoms with van der Waals surface area (Å²) in [5.74, 6) is 1.34. The van der Waals surface area contributed by atoms with Crippen LogP contribution >= 0.6 is 0 Å². The van der Waals surface area contributed by atoms with Crippen molar-refractivity contribution >= 4 is 6.03 Å². The Labute approximate surface area is 215 Å². The number of rotatable bonds is 10. The Morgan fingerprint density at radius 2 is 1.83 bits per heavy atom. The summed E-state index contributed by atoms with van der Waals surface area (Å²) in [5, 5.41) is 12.4. The van der Waals surface area contributed by atoms with Crippen LogP contribution in [0.1, 0.15) is 49.7 Å². The number of aryl methyl sites for hydroxylation is 1. The van der Waals surface area contributed by atoms with E-state index in [2.05, 4.69) is 0 Å². The van der Waals surface area contributed by atoms with Crippen molar-refractivity contribution in [3.8, 4) is 11.5 Å². The van der Waals surface area contributed by atoms with Gasteiger partial charge in [-0.25, -0.2) is 4.79 Å². The van der Waals surface area contributed by atoms with Crippen LogP contribution in [-0.2, 0) is 10.3 Å². The van der Waals surface area contributed by atoms with Gasteiger partial charge in [0.1, 0.15) is 11.5 Å². The van der Waals surface area contributed by atoms with E-state index in [1.165, 1.54) is 0 Å². The topological polar surface area (TPSA) is 88.3 Å². The normalized spacial score (nSPS) is 21.6. The van der Waals surface area contributed by atoms with Gasteiger partial charge in [-0.1, -0.05) is 36.4 Å². The number of likely N-dealkylation sites (tertiary alicyclic amines) is 2. The summed E-state index contributed by atoms with van der Waals surface area (Å²) in [7, 11) is 1.70. The van der Waals surface area contributed by atoms with E-state index < -0.39 is 5.60 Å². The van der Waals surface area contributed by atoms with Crippen LogP contribution in [0.25, 0.3) is 0 Å². The maximum atomic E-state index is 13.3. The maximum Gasteiger partial charge on any atom is 0.320 e. The summed E-state index contributed by atoms with van der Waals surface area (Å²) in [6, 6.07) is 15.9. The Kier molecular flexibility index (Phi) is 8.88. The van der Waals surface area contributed by atoms with Crippen LogP contribution in [0.3, 0.4) is 0 Å². The molecule has 2 aromatic rings. The van der Waals surface area contributed by atoms with Crippen molar-refractivity contribution in [3.05, 3.63) is 59.7 Å². The van der Waals surface area contributed by atoms with Gasteiger partial charge in [-0.15, -0.1) is 0 Å². The number of amides is 2. The van der Waals surface area contributed by atoms with Crippen molar-refractivity contribution in [1.82, 2.24) is 9.80 Å². The standard InChI is InChI=1S/C29H41N3O4/c1-22-10-3-5-13-26(22)36-27-14-6-4-12-25(27)29(34,16-7-8-19-35-2)23-11-9-17-31(21-23)28(33)32-18-15-24(32)20-30/h3-6,10,12-14,23-24,34H,7-9,11,15-21,30H2,1-2H3. The van der Waals surface area contributed by atoms with Crippen LogP contribution < -0.4 is 10.5 Å². The number of hydrogen-bond donors (Lipinski definition) is 2. The number of unbranched alkanes of at least 4 members (excludes halogenated alkanes) is 1. The van der Waals surface area contributed by atoms with Gasteiger partial charge in [0.15, 0.2) is 0 Å². The molecule has 0 spiro atoms. The fourth-order valence-corrected chi connectivity index (χ4v) is 5.56. The summed E-state index contributed by atoms with van der Waals surface area (Å²) < 4.78 is 11.6. The second-order valence-corrected chi connectivity index (χ2v) is 10.2. The molecule has 3 atom stereocenters. The van der Waals surface area contributed by atoms with Crippen LogP contribution in [0, 0.1) is 12.8 Å². The third-order valence-corrected chi connectivity index (χ3v) is 7.85. The molecule has 7 heteroatoms. The Morgan fingerprint density at radius 1 is 1.08 bits per heavy atom. The molecule has 0 saturated carbocycles. The van der Waals surface area contributed by atoms with Crippen LogP contribution in [0.4, 0.5) is 4.79 Å². The lowest BCUT2D eigenvalue weighted by Gasteiger charge is -2.47. The summed E-state index contributed by atoms with van der Waals surface area (Å²) in [6.07, 6.45) is 4.93. The molecule has 2 fully saturated rings. The van der Waals surface area contributed by atoms with Crippen molar-refractivity contribution in [3.63, 3.8) is 0 Å². The van der Waals surface area contributed by atoms with E-state index in [9.17, 15) is 9.90 Å². The Balaban J connectivity index is 1.61. The van der Waals surface area contributed by atoms with Crippen LogP contribution in [-0.4, -0.2) is 66.9 Å². The molecule has 2 amide bonds. The molecule has 0 aliphatic carbocycles.